The van der Waals surface area contributed by atoms with Crippen LogP contribution in [0.1, 0.15) is 24.0 Å². The Morgan fingerprint density at radius 3 is 2.76 bits per heavy atom. The number of piperidine rings is 3. The van der Waals surface area contributed by atoms with Crippen molar-refractivity contribution in [2.75, 3.05) is 19.6 Å². The average molecular weight is 309 g/mol. The number of nitrogens with one attached hydrogen (secondary N) is 1. The van der Waals surface area contributed by atoms with Crippen molar-refractivity contribution in [2.24, 2.45) is 16.8 Å². The fourth-order valence-electron chi connectivity index (χ4n) is 3.35. The van der Waals surface area contributed by atoms with Crippen LogP contribution < -0.4 is 11.1 Å². The number of nitrogens with zero attached hydrogens (tertiary/aromatic N) is 2. The Kier molecular flexibility index (Phi) is 4.33. The van der Waals surface area contributed by atoms with Crippen LogP contribution in [0.3, 0.4) is 0 Å². The molecular formula is C15H21ClN4O. The molecule has 0 spiro atoms. The van der Waals surface area contributed by atoms with E-state index in [1.54, 1.807) is 6.07 Å². The van der Waals surface area contributed by atoms with E-state index in [9.17, 15) is 0 Å². The molecule has 0 saturated carbocycles. The summed E-state index contributed by atoms with van der Waals surface area (Å²) in [5.41, 5.74) is 7.24. The summed E-state index contributed by atoms with van der Waals surface area (Å²) in [6.07, 6.45) is 2.60. The molecule has 0 aliphatic carbocycles. The summed E-state index contributed by atoms with van der Waals surface area (Å²) in [7, 11) is 0. The number of nitrogens with two attached hydrogens (primary N) is 1. The second-order valence-corrected chi connectivity index (χ2v) is 6.32. The minimum atomic E-state index is 0.0776. The minimum Gasteiger partial charge on any atom is -0.409 e. The molecule has 0 radical (unpaired) electrons. The highest BCUT2D eigenvalue weighted by Crippen LogP contribution is 2.28. The van der Waals surface area contributed by atoms with E-state index in [0.29, 0.717) is 16.6 Å². The number of hydrogen-bond donors (Lipinski definition) is 3. The van der Waals surface area contributed by atoms with Gasteiger partial charge in [0.15, 0.2) is 5.84 Å². The van der Waals surface area contributed by atoms with Crippen molar-refractivity contribution in [3.63, 3.8) is 0 Å². The molecule has 4 N–H and O–H groups in total. The summed E-state index contributed by atoms with van der Waals surface area (Å²) in [5.74, 6) is 0.874. The Bertz CT molecular complexity index is 540. The molecule has 5 nitrogen and oxygen atoms in total. The molecule has 114 valence electrons. The van der Waals surface area contributed by atoms with Crippen molar-refractivity contribution in [1.82, 2.24) is 10.2 Å². The number of halogens is 1. The summed E-state index contributed by atoms with van der Waals surface area (Å²) in [6.45, 7) is 4.39. The van der Waals surface area contributed by atoms with Crippen LogP contribution in [0.25, 0.3) is 0 Å². The van der Waals surface area contributed by atoms with Gasteiger partial charge in [-0.25, -0.2) is 0 Å². The molecule has 0 aromatic heterocycles. The first-order valence-electron chi connectivity index (χ1n) is 7.39. The SMILES string of the molecule is N/C(=N/O)c1ccc(CNC2CN3CCC2CC3)c(Cl)c1. The third-order valence-electron chi connectivity index (χ3n) is 4.67. The first-order valence-corrected chi connectivity index (χ1v) is 7.77. The normalized spacial score (nSPS) is 28.8. The van der Waals surface area contributed by atoms with E-state index in [-0.39, 0.29) is 5.84 Å². The number of benzene rings is 1. The van der Waals surface area contributed by atoms with Gasteiger partial charge in [-0.2, -0.15) is 0 Å². The van der Waals surface area contributed by atoms with Crippen molar-refractivity contribution in [3.05, 3.63) is 34.3 Å². The van der Waals surface area contributed by atoms with E-state index in [0.717, 1.165) is 24.6 Å². The van der Waals surface area contributed by atoms with Gasteiger partial charge in [-0.3, -0.25) is 0 Å². The van der Waals surface area contributed by atoms with Crippen molar-refractivity contribution in [1.29, 1.82) is 0 Å². The third-order valence-corrected chi connectivity index (χ3v) is 5.02. The fourth-order valence-corrected chi connectivity index (χ4v) is 3.59. The van der Waals surface area contributed by atoms with E-state index in [1.807, 2.05) is 12.1 Å². The molecule has 3 aliphatic rings. The van der Waals surface area contributed by atoms with Crippen LogP contribution in [0, 0.1) is 5.92 Å². The van der Waals surface area contributed by atoms with Gasteiger partial charge in [0.05, 0.1) is 0 Å². The topological polar surface area (TPSA) is 73.9 Å². The maximum absolute atomic E-state index is 8.69. The van der Waals surface area contributed by atoms with Crippen molar-refractivity contribution < 1.29 is 5.21 Å². The van der Waals surface area contributed by atoms with Gasteiger partial charge in [0.1, 0.15) is 0 Å². The van der Waals surface area contributed by atoms with Crippen LogP contribution in [-0.2, 0) is 6.54 Å². The van der Waals surface area contributed by atoms with E-state index in [1.165, 1.54) is 25.9 Å². The predicted octanol–water partition coefficient (Wildman–Crippen LogP) is 1.62. The highest BCUT2D eigenvalue weighted by atomic mass is 35.5. The molecule has 1 unspecified atom stereocenters. The molecule has 4 rings (SSSR count). The molecule has 3 heterocycles. The van der Waals surface area contributed by atoms with Gasteiger partial charge in [0.25, 0.3) is 0 Å². The maximum Gasteiger partial charge on any atom is 0.170 e. The molecule has 0 amide bonds. The standard InChI is InChI=1S/C15H21ClN4O/c16-13-7-11(15(17)19-21)1-2-12(13)8-18-14-9-20-5-3-10(14)4-6-20/h1-2,7,10,14,18,21H,3-6,8-9H2,(H2,17,19). The quantitative estimate of drug-likeness (QED) is 0.342. The van der Waals surface area contributed by atoms with Gasteiger partial charge in [-0.05, 0) is 43.5 Å². The number of oxime groups is 1. The van der Waals surface area contributed by atoms with Crippen LogP contribution in [-0.4, -0.2) is 41.6 Å². The number of fused-ring (bicyclic) bond motifs is 3. The predicted molar refractivity (Wildman–Crippen MR) is 83.8 cm³/mol. The van der Waals surface area contributed by atoms with Crippen LogP contribution in [0.5, 0.6) is 0 Å². The maximum atomic E-state index is 8.69. The van der Waals surface area contributed by atoms with Crippen molar-refractivity contribution in [3.8, 4) is 0 Å². The lowest BCUT2D eigenvalue weighted by atomic mass is 9.84. The monoisotopic (exact) mass is 308 g/mol. The molecule has 3 aliphatic heterocycles. The lowest BCUT2D eigenvalue weighted by molar-refractivity contribution is 0.0720. The van der Waals surface area contributed by atoms with Crippen LogP contribution in [0.4, 0.5) is 0 Å². The Morgan fingerprint density at radius 1 is 1.43 bits per heavy atom. The highest BCUT2D eigenvalue weighted by Gasteiger charge is 2.33. The second kappa shape index (κ2) is 6.22. The van der Waals surface area contributed by atoms with Crippen LogP contribution in [0.15, 0.2) is 23.4 Å². The fraction of sp³-hybridized carbons (Fsp3) is 0.533. The average Bonchev–Trinajstić information content (AvgIpc) is 2.54. The van der Waals surface area contributed by atoms with E-state index < -0.39 is 0 Å². The molecule has 2 bridgehead atoms. The molecule has 21 heavy (non-hydrogen) atoms. The van der Waals surface area contributed by atoms with Gasteiger partial charge < -0.3 is 21.2 Å². The molecule has 1 atom stereocenters. The molecule has 3 saturated heterocycles. The van der Waals surface area contributed by atoms with E-state index >= 15 is 0 Å². The van der Waals surface area contributed by atoms with Gasteiger partial charge >= 0.3 is 0 Å². The smallest absolute Gasteiger partial charge is 0.170 e. The Morgan fingerprint density at radius 2 is 2.19 bits per heavy atom. The summed E-state index contributed by atoms with van der Waals surface area (Å²) in [6, 6.07) is 6.06. The number of rotatable bonds is 4. The largest absolute Gasteiger partial charge is 0.409 e. The molecular weight excluding hydrogens is 288 g/mol. The van der Waals surface area contributed by atoms with Crippen LogP contribution in [0.2, 0.25) is 5.02 Å². The Balaban J connectivity index is 1.63. The molecule has 1 aromatic carbocycles. The summed E-state index contributed by atoms with van der Waals surface area (Å²) < 4.78 is 0. The minimum absolute atomic E-state index is 0.0776. The van der Waals surface area contributed by atoms with Gasteiger partial charge in [0, 0.05) is 29.7 Å². The lowest BCUT2D eigenvalue weighted by Gasteiger charge is -2.45. The molecule has 6 heteroatoms. The van der Waals surface area contributed by atoms with E-state index in [2.05, 4.69) is 15.4 Å². The van der Waals surface area contributed by atoms with Gasteiger partial charge in [-0.15, -0.1) is 0 Å². The molecule has 3 fully saturated rings. The van der Waals surface area contributed by atoms with Crippen molar-refractivity contribution in [2.45, 2.75) is 25.4 Å². The lowest BCUT2D eigenvalue weighted by Crippen LogP contribution is -2.55. The third kappa shape index (κ3) is 3.15. The number of amidine groups is 1. The summed E-state index contributed by atoms with van der Waals surface area (Å²) in [5, 5.41) is 16.0. The second-order valence-electron chi connectivity index (χ2n) is 5.92. The highest BCUT2D eigenvalue weighted by molar-refractivity contribution is 6.31. The summed E-state index contributed by atoms with van der Waals surface area (Å²) >= 11 is 6.28. The Labute approximate surface area is 129 Å². The van der Waals surface area contributed by atoms with Crippen LogP contribution >= 0.6 is 11.6 Å². The van der Waals surface area contributed by atoms with Gasteiger partial charge in [-0.1, -0.05) is 28.9 Å². The van der Waals surface area contributed by atoms with Gasteiger partial charge in [0.2, 0.25) is 0 Å². The first-order chi connectivity index (χ1) is 10.2. The molecule has 1 aromatic rings. The number of hydrogen-bond acceptors (Lipinski definition) is 4. The first kappa shape index (κ1) is 14.6. The summed E-state index contributed by atoms with van der Waals surface area (Å²) in [4.78, 5) is 2.53. The Hall–Kier alpha value is -1.30. The zero-order chi connectivity index (χ0) is 14.8. The zero-order valence-corrected chi connectivity index (χ0v) is 12.7. The van der Waals surface area contributed by atoms with E-state index in [4.69, 9.17) is 22.5 Å². The zero-order valence-electron chi connectivity index (χ0n) is 11.9. The van der Waals surface area contributed by atoms with Crippen molar-refractivity contribution >= 4 is 17.4 Å².